The maximum atomic E-state index is 5.59. The van der Waals surface area contributed by atoms with Gasteiger partial charge < -0.3 is 10.1 Å². The van der Waals surface area contributed by atoms with E-state index in [2.05, 4.69) is 46.0 Å². The maximum absolute atomic E-state index is 5.59. The van der Waals surface area contributed by atoms with Crippen molar-refractivity contribution in [1.29, 1.82) is 0 Å². The first-order valence-electron chi connectivity index (χ1n) is 10.9. The van der Waals surface area contributed by atoms with Gasteiger partial charge in [0.25, 0.3) is 5.88 Å². The highest BCUT2D eigenvalue weighted by Gasteiger charge is 2.21. The van der Waals surface area contributed by atoms with E-state index in [0.29, 0.717) is 23.7 Å². The van der Waals surface area contributed by atoms with Crippen LogP contribution >= 0.6 is 0 Å². The minimum Gasteiger partial charge on any atom is -0.478 e. The van der Waals surface area contributed by atoms with Gasteiger partial charge >= 0.3 is 0 Å². The lowest BCUT2D eigenvalue weighted by Crippen LogP contribution is -2.19. The fraction of sp³-hybridized carbons (Fsp3) is 0.565. The lowest BCUT2D eigenvalue weighted by atomic mass is 10.0. The van der Waals surface area contributed by atoms with Gasteiger partial charge in [-0.3, -0.25) is 4.68 Å². The molecule has 0 aromatic carbocycles. The van der Waals surface area contributed by atoms with E-state index in [-0.39, 0.29) is 0 Å². The average Bonchev–Trinajstić information content (AvgIpc) is 3.07. The van der Waals surface area contributed by atoms with Crippen LogP contribution in [0.4, 0.5) is 5.82 Å². The molecule has 0 saturated heterocycles. The van der Waals surface area contributed by atoms with Gasteiger partial charge in [0.2, 0.25) is 0 Å². The van der Waals surface area contributed by atoms with Crippen LogP contribution in [0.2, 0.25) is 0 Å². The SMILES string of the molecule is CCc1cc2c(C(C)C)nn(C)c2nc1-c1nc(OC)c(NC(CC)CC)nc1C. The second kappa shape index (κ2) is 8.98. The molecule has 3 heterocycles. The van der Waals surface area contributed by atoms with Gasteiger partial charge in [0.15, 0.2) is 11.5 Å². The van der Waals surface area contributed by atoms with Crippen molar-refractivity contribution >= 4 is 16.9 Å². The summed E-state index contributed by atoms with van der Waals surface area (Å²) in [5.74, 6) is 1.52. The molecule has 0 spiro atoms. The van der Waals surface area contributed by atoms with Crippen LogP contribution in [0, 0.1) is 6.92 Å². The molecule has 162 valence electrons. The molecule has 0 aliphatic carbocycles. The topological polar surface area (TPSA) is 77.8 Å². The summed E-state index contributed by atoms with van der Waals surface area (Å²) in [4.78, 5) is 14.6. The van der Waals surface area contributed by atoms with E-state index in [1.807, 2.05) is 18.7 Å². The number of aryl methyl sites for hydroxylation is 3. The number of methoxy groups -OCH3 is 1. The number of rotatable bonds is 8. The van der Waals surface area contributed by atoms with Gasteiger partial charge in [0, 0.05) is 18.5 Å². The summed E-state index contributed by atoms with van der Waals surface area (Å²) in [5.41, 5.74) is 5.51. The zero-order valence-electron chi connectivity index (χ0n) is 19.5. The van der Waals surface area contributed by atoms with Gasteiger partial charge in [0.1, 0.15) is 5.69 Å². The smallest absolute Gasteiger partial charge is 0.257 e. The van der Waals surface area contributed by atoms with Gasteiger partial charge in [-0.2, -0.15) is 5.10 Å². The minimum atomic E-state index is 0.336. The molecule has 0 saturated carbocycles. The number of fused-ring (bicyclic) bond motifs is 1. The first-order valence-corrected chi connectivity index (χ1v) is 10.9. The first kappa shape index (κ1) is 22.0. The molecule has 0 radical (unpaired) electrons. The van der Waals surface area contributed by atoms with Crippen LogP contribution in [0.1, 0.15) is 70.3 Å². The summed E-state index contributed by atoms with van der Waals surface area (Å²) in [7, 11) is 3.58. The summed E-state index contributed by atoms with van der Waals surface area (Å²) in [6.07, 6.45) is 2.87. The summed E-state index contributed by atoms with van der Waals surface area (Å²) >= 11 is 0. The van der Waals surface area contributed by atoms with Gasteiger partial charge in [0.05, 0.1) is 24.2 Å². The number of nitrogens with one attached hydrogen (secondary N) is 1. The van der Waals surface area contributed by atoms with Gasteiger partial charge in [-0.1, -0.05) is 34.6 Å². The molecule has 0 bridgehead atoms. The maximum Gasteiger partial charge on any atom is 0.257 e. The van der Waals surface area contributed by atoms with Crippen LogP contribution in [0.5, 0.6) is 5.88 Å². The van der Waals surface area contributed by atoms with Crippen molar-refractivity contribution < 1.29 is 4.74 Å². The van der Waals surface area contributed by atoms with E-state index in [4.69, 9.17) is 24.8 Å². The number of ether oxygens (including phenoxy) is 1. The van der Waals surface area contributed by atoms with Crippen molar-refractivity contribution in [3.8, 4) is 17.3 Å². The summed E-state index contributed by atoms with van der Waals surface area (Å²) in [6, 6.07) is 2.55. The van der Waals surface area contributed by atoms with E-state index in [9.17, 15) is 0 Å². The Morgan fingerprint density at radius 2 is 1.77 bits per heavy atom. The highest BCUT2D eigenvalue weighted by molar-refractivity contribution is 5.83. The number of aromatic nitrogens is 5. The molecule has 30 heavy (non-hydrogen) atoms. The standard InChI is InChI=1S/C23H34N6O/c1-9-15-12-17-18(13(4)5)28-29(7)22(17)26-20(15)19-14(6)24-21(23(27-19)30-8)25-16(10-2)11-3/h12-13,16H,9-11H2,1-8H3,(H,24,25). The van der Waals surface area contributed by atoms with Crippen LogP contribution < -0.4 is 10.1 Å². The Labute approximate surface area is 179 Å². The lowest BCUT2D eigenvalue weighted by molar-refractivity contribution is 0.397. The second-order valence-corrected chi connectivity index (χ2v) is 8.06. The zero-order valence-corrected chi connectivity index (χ0v) is 19.5. The van der Waals surface area contributed by atoms with E-state index < -0.39 is 0 Å². The molecule has 0 aliphatic rings. The molecule has 7 nitrogen and oxygen atoms in total. The molecule has 0 aliphatic heterocycles. The summed E-state index contributed by atoms with van der Waals surface area (Å²) in [5, 5.41) is 9.28. The zero-order chi connectivity index (χ0) is 22.0. The molecule has 0 atom stereocenters. The normalized spacial score (nSPS) is 11.7. The minimum absolute atomic E-state index is 0.336. The number of hydrogen-bond donors (Lipinski definition) is 1. The first-order chi connectivity index (χ1) is 14.3. The molecule has 7 heteroatoms. The fourth-order valence-corrected chi connectivity index (χ4v) is 3.79. The van der Waals surface area contributed by atoms with Gasteiger partial charge in [-0.15, -0.1) is 0 Å². The number of hydrogen-bond acceptors (Lipinski definition) is 6. The second-order valence-electron chi connectivity index (χ2n) is 8.06. The largest absolute Gasteiger partial charge is 0.478 e. The predicted molar refractivity (Wildman–Crippen MR) is 122 cm³/mol. The molecule has 0 amide bonds. The van der Waals surface area contributed by atoms with Crippen LogP contribution in [0.15, 0.2) is 6.07 Å². The van der Waals surface area contributed by atoms with E-state index in [1.165, 1.54) is 0 Å². The Kier molecular flexibility index (Phi) is 6.58. The average molecular weight is 411 g/mol. The van der Waals surface area contributed by atoms with Crippen LogP contribution in [-0.2, 0) is 13.5 Å². The van der Waals surface area contributed by atoms with Crippen molar-refractivity contribution in [1.82, 2.24) is 24.7 Å². The Bertz CT molecular complexity index is 1040. The van der Waals surface area contributed by atoms with Crippen LogP contribution in [0.3, 0.4) is 0 Å². The monoisotopic (exact) mass is 410 g/mol. The number of nitrogens with zero attached hydrogens (tertiary/aromatic N) is 5. The van der Waals surface area contributed by atoms with E-state index >= 15 is 0 Å². The van der Waals surface area contributed by atoms with Crippen molar-refractivity contribution in [3.63, 3.8) is 0 Å². The molecule has 0 unspecified atom stereocenters. The molecular weight excluding hydrogens is 376 g/mol. The Hall–Kier alpha value is -2.70. The Balaban J connectivity index is 2.18. The highest BCUT2D eigenvalue weighted by atomic mass is 16.5. The predicted octanol–water partition coefficient (Wildman–Crippen LogP) is 5.03. The quantitative estimate of drug-likeness (QED) is 0.561. The van der Waals surface area contributed by atoms with E-state index in [1.54, 1.807) is 7.11 Å². The molecule has 0 fully saturated rings. The Morgan fingerprint density at radius 1 is 1.07 bits per heavy atom. The van der Waals surface area contributed by atoms with Crippen LogP contribution in [0.25, 0.3) is 22.4 Å². The van der Waals surface area contributed by atoms with Gasteiger partial charge in [-0.25, -0.2) is 15.0 Å². The van der Waals surface area contributed by atoms with E-state index in [0.717, 1.165) is 58.6 Å². The van der Waals surface area contributed by atoms with Gasteiger partial charge in [-0.05, 0) is 43.7 Å². The Morgan fingerprint density at radius 3 is 2.33 bits per heavy atom. The number of pyridine rings is 1. The third-order valence-electron chi connectivity index (χ3n) is 5.63. The summed E-state index contributed by atoms with van der Waals surface area (Å²) < 4.78 is 7.45. The lowest BCUT2D eigenvalue weighted by Gasteiger charge is -2.19. The third kappa shape index (κ3) is 3.98. The van der Waals surface area contributed by atoms with Crippen molar-refractivity contribution in [2.45, 2.75) is 72.8 Å². The number of anilines is 1. The third-order valence-corrected chi connectivity index (χ3v) is 5.63. The van der Waals surface area contributed by atoms with Crippen LogP contribution in [-0.4, -0.2) is 37.9 Å². The molecule has 3 aromatic heterocycles. The molecule has 3 aromatic rings. The molecular formula is C23H34N6O. The van der Waals surface area contributed by atoms with Crippen molar-refractivity contribution in [3.05, 3.63) is 23.0 Å². The molecule has 3 rings (SSSR count). The fourth-order valence-electron chi connectivity index (χ4n) is 3.79. The van der Waals surface area contributed by atoms with Crippen molar-refractivity contribution in [2.75, 3.05) is 12.4 Å². The summed E-state index contributed by atoms with van der Waals surface area (Å²) in [6.45, 7) is 12.8. The van der Waals surface area contributed by atoms with Crippen molar-refractivity contribution in [2.24, 2.45) is 7.05 Å². The molecule has 1 N–H and O–H groups in total. The highest BCUT2D eigenvalue weighted by Crippen LogP contribution is 2.33.